The molecule has 0 saturated carbocycles. The van der Waals surface area contributed by atoms with E-state index in [1.165, 1.54) is 0 Å². The molecule has 1 N–H and O–H groups in total. The summed E-state index contributed by atoms with van der Waals surface area (Å²) >= 11 is 0. The van der Waals surface area contributed by atoms with E-state index in [1.807, 2.05) is 19.9 Å². The number of hydrogen-bond donors (Lipinski definition) is 1. The van der Waals surface area contributed by atoms with Gasteiger partial charge < -0.3 is 0 Å². The van der Waals surface area contributed by atoms with Gasteiger partial charge in [0.2, 0.25) is 0 Å². The van der Waals surface area contributed by atoms with Gasteiger partial charge >= 0.3 is 5.97 Å². The molecule has 0 aliphatic carbocycles. The van der Waals surface area contributed by atoms with Gasteiger partial charge in [0.15, 0.2) is 0 Å². The molecule has 0 atom stereocenters. The zero-order valence-corrected chi connectivity index (χ0v) is 8.28. The Labute approximate surface area is 83.3 Å². The molecule has 1 rings (SSSR count). The van der Waals surface area contributed by atoms with Crippen molar-refractivity contribution in [3.05, 3.63) is 42.3 Å². The lowest BCUT2D eigenvalue weighted by atomic mass is 9.84. The third kappa shape index (κ3) is 2.12. The van der Waals surface area contributed by atoms with Crippen molar-refractivity contribution in [1.82, 2.24) is 0 Å². The number of carbonyl (C=O) groups is 1. The summed E-state index contributed by atoms with van der Waals surface area (Å²) in [6.07, 6.45) is 0. The maximum absolute atomic E-state index is 11.2. The molecule has 0 heterocycles. The number of rotatable bonds is 2. The lowest BCUT2D eigenvalue weighted by Crippen LogP contribution is -2.17. The minimum Gasteiger partial charge on any atom is -0.295 e. The molecule has 3 heteroatoms. The Kier molecular flexibility index (Phi) is 2.91. The summed E-state index contributed by atoms with van der Waals surface area (Å²) in [6.45, 7) is 7.70. The summed E-state index contributed by atoms with van der Waals surface area (Å²) in [5, 5.41) is 8.31. The van der Waals surface area contributed by atoms with Gasteiger partial charge in [-0.15, -0.1) is 0 Å². The molecule has 0 amide bonds. The van der Waals surface area contributed by atoms with Crippen LogP contribution >= 0.6 is 0 Å². The molecule has 1 aromatic rings. The third-order valence-electron chi connectivity index (χ3n) is 1.96. The van der Waals surface area contributed by atoms with Crippen LogP contribution < -0.4 is 0 Å². The van der Waals surface area contributed by atoms with E-state index in [0.717, 1.165) is 5.56 Å². The SMILES string of the molecule is [CH2]C(C)(C)c1ccccc1C(=O)OO. The van der Waals surface area contributed by atoms with Gasteiger partial charge in [-0.1, -0.05) is 32.0 Å². The van der Waals surface area contributed by atoms with Gasteiger partial charge in [0, 0.05) is 0 Å². The van der Waals surface area contributed by atoms with Gasteiger partial charge in [-0.25, -0.2) is 4.79 Å². The van der Waals surface area contributed by atoms with Crippen molar-refractivity contribution in [2.45, 2.75) is 19.3 Å². The Morgan fingerprint density at radius 2 is 2.00 bits per heavy atom. The second-order valence-corrected chi connectivity index (χ2v) is 3.81. The largest absolute Gasteiger partial charge is 0.373 e. The van der Waals surface area contributed by atoms with Crippen LogP contribution in [-0.2, 0) is 10.3 Å². The molecule has 0 aliphatic rings. The fourth-order valence-corrected chi connectivity index (χ4v) is 1.30. The normalized spacial score (nSPS) is 11.1. The summed E-state index contributed by atoms with van der Waals surface area (Å²) < 4.78 is 0. The van der Waals surface area contributed by atoms with Crippen molar-refractivity contribution in [1.29, 1.82) is 0 Å². The molecule has 14 heavy (non-hydrogen) atoms. The second-order valence-electron chi connectivity index (χ2n) is 3.81. The molecule has 0 saturated heterocycles. The highest BCUT2D eigenvalue weighted by Crippen LogP contribution is 2.25. The first-order chi connectivity index (χ1) is 6.46. The molecule has 3 nitrogen and oxygen atoms in total. The van der Waals surface area contributed by atoms with Crippen molar-refractivity contribution < 1.29 is 14.9 Å². The summed E-state index contributed by atoms with van der Waals surface area (Å²) in [5.74, 6) is -0.752. The maximum Gasteiger partial charge on any atom is 0.373 e. The Morgan fingerprint density at radius 3 is 2.50 bits per heavy atom. The van der Waals surface area contributed by atoms with E-state index in [9.17, 15) is 4.79 Å². The zero-order valence-electron chi connectivity index (χ0n) is 8.28. The topological polar surface area (TPSA) is 46.5 Å². The quantitative estimate of drug-likeness (QED) is 0.579. The molecular weight excluding hydrogens is 180 g/mol. The van der Waals surface area contributed by atoms with Crippen LogP contribution in [0.25, 0.3) is 0 Å². The summed E-state index contributed by atoms with van der Waals surface area (Å²) in [5.41, 5.74) is 0.694. The van der Waals surface area contributed by atoms with E-state index in [2.05, 4.69) is 11.8 Å². The van der Waals surface area contributed by atoms with Crippen molar-refractivity contribution >= 4 is 5.97 Å². The second kappa shape index (κ2) is 3.80. The molecule has 0 aliphatic heterocycles. The van der Waals surface area contributed by atoms with Crippen molar-refractivity contribution in [3.63, 3.8) is 0 Å². The number of hydrogen-bond acceptors (Lipinski definition) is 3. The van der Waals surface area contributed by atoms with Gasteiger partial charge in [0.25, 0.3) is 0 Å². The Balaban J connectivity index is 3.23. The Hall–Kier alpha value is -1.35. The maximum atomic E-state index is 11.2. The highest BCUT2D eigenvalue weighted by molar-refractivity contribution is 5.91. The Morgan fingerprint density at radius 1 is 1.43 bits per heavy atom. The van der Waals surface area contributed by atoms with Crippen molar-refractivity contribution in [2.75, 3.05) is 0 Å². The van der Waals surface area contributed by atoms with E-state index in [-0.39, 0.29) is 0 Å². The first-order valence-corrected chi connectivity index (χ1v) is 4.27. The van der Waals surface area contributed by atoms with E-state index in [0.29, 0.717) is 5.56 Å². The van der Waals surface area contributed by atoms with E-state index in [4.69, 9.17) is 5.26 Å². The molecule has 0 spiro atoms. The molecule has 0 aromatic heterocycles. The first kappa shape index (κ1) is 10.7. The molecule has 1 radical (unpaired) electrons. The van der Waals surface area contributed by atoms with E-state index >= 15 is 0 Å². The fourth-order valence-electron chi connectivity index (χ4n) is 1.30. The molecule has 0 fully saturated rings. The number of benzene rings is 1. The van der Waals surface area contributed by atoms with Crippen LogP contribution in [-0.4, -0.2) is 11.2 Å². The van der Waals surface area contributed by atoms with Crippen LogP contribution in [0.1, 0.15) is 29.8 Å². The average Bonchev–Trinajstić information content (AvgIpc) is 2.15. The Bertz CT molecular complexity index is 337. The van der Waals surface area contributed by atoms with Gasteiger partial charge in [-0.2, -0.15) is 5.26 Å². The molecule has 75 valence electrons. The minimum absolute atomic E-state index is 0.343. The smallest absolute Gasteiger partial charge is 0.295 e. The van der Waals surface area contributed by atoms with Gasteiger partial charge in [0.05, 0.1) is 5.56 Å². The first-order valence-electron chi connectivity index (χ1n) is 4.27. The minimum atomic E-state index is -0.752. The predicted octanol–water partition coefficient (Wildman–Crippen LogP) is 2.43. The van der Waals surface area contributed by atoms with Gasteiger partial charge in [0.1, 0.15) is 0 Å². The molecular formula is C11H13O3. The van der Waals surface area contributed by atoms with Crippen molar-refractivity contribution in [2.24, 2.45) is 0 Å². The predicted molar refractivity (Wildman–Crippen MR) is 52.9 cm³/mol. The summed E-state index contributed by atoms with van der Waals surface area (Å²) in [4.78, 5) is 14.9. The highest BCUT2D eigenvalue weighted by Gasteiger charge is 2.21. The summed E-state index contributed by atoms with van der Waals surface area (Å²) in [7, 11) is 0. The van der Waals surface area contributed by atoms with E-state index < -0.39 is 11.4 Å². The van der Waals surface area contributed by atoms with Gasteiger partial charge in [-0.05, 0) is 24.0 Å². The summed E-state index contributed by atoms with van der Waals surface area (Å²) in [6, 6.07) is 6.91. The highest BCUT2D eigenvalue weighted by atomic mass is 17.1. The molecule has 1 aromatic carbocycles. The lowest BCUT2D eigenvalue weighted by Gasteiger charge is -2.20. The lowest BCUT2D eigenvalue weighted by molar-refractivity contribution is -0.182. The fraction of sp³-hybridized carbons (Fsp3) is 0.273. The monoisotopic (exact) mass is 193 g/mol. The van der Waals surface area contributed by atoms with Crippen LogP contribution in [0, 0.1) is 6.92 Å². The van der Waals surface area contributed by atoms with Crippen LogP contribution in [0.3, 0.4) is 0 Å². The van der Waals surface area contributed by atoms with Crippen molar-refractivity contribution in [3.8, 4) is 0 Å². The van der Waals surface area contributed by atoms with E-state index in [1.54, 1.807) is 18.2 Å². The van der Waals surface area contributed by atoms with Crippen LogP contribution in [0.15, 0.2) is 24.3 Å². The van der Waals surface area contributed by atoms with Crippen LogP contribution in [0.2, 0.25) is 0 Å². The van der Waals surface area contributed by atoms with Gasteiger partial charge in [-0.3, -0.25) is 4.89 Å². The third-order valence-corrected chi connectivity index (χ3v) is 1.96. The molecule has 0 unspecified atom stereocenters. The van der Waals surface area contributed by atoms with Crippen LogP contribution in [0.4, 0.5) is 0 Å². The standard InChI is InChI=1S/C11H13O3/c1-11(2,3)9-7-5-4-6-8(9)10(12)14-13/h4-7,13H,1H2,2-3H3. The van der Waals surface area contributed by atoms with Crippen LogP contribution in [0.5, 0.6) is 0 Å². The number of carbonyl (C=O) groups excluding carboxylic acids is 1. The molecule has 0 bridgehead atoms. The zero-order chi connectivity index (χ0) is 10.8. The average molecular weight is 193 g/mol.